The highest BCUT2D eigenvalue weighted by molar-refractivity contribution is 5.94. The highest BCUT2D eigenvalue weighted by Crippen LogP contribution is 2.14. The number of nitrogens with zero attached hydrogens (tertiary/aromatic N) is 2. The fourth-order valence-electron chi connectivity index (χ4n) is 2.49. The molecule has 122 valence electrons. The summed E-state index contributed by atoms with van der Waals surface area (Å²) in [6.45, 7) is -0.0780. The summed E-state index contributed by atoms with van der Waals surface area (Å²) in [4.78, 5) is 28.2. The summed E-state index contributed by atoms with van der Waals surface area (Å²) < 4.78 is 1.56. The van der Waals surface area contributed by atoms with E-state index in [1.54, 1.807) is 29.1 Å². The highest BCUT2D eigenvalue weighted by Gasteiger charge is 2.07. The number of nitrogens with one attached hydrogen (secondary N) is 1. The number of carbonyl (C=O) groups excluding carboxylic acids is 1. The molecule has 2 aromatic carbocycles. The molecule has 1 aromatic heterocycles. The van der Waals surface area contributed by atoms with E-state index in [1.165, 1.54) is 0 Å². The molecule has 24 heavy (non-hydrogen) atoms. The Morgan fingerprint density at radius 3 is 2.71 bits per heavy atom. The molecule has 6 heteroatoms. The third-order valence-electron chi connectivity index (χ3n) is 3.74. The number of hydrogen-bond acceptors (Lipinski definition) is 4. The number of anilines is 1. The summed E-state index contributed by atoms with van der Waals surface area (Å²) in [6.07, 6.45) is 2.27. The lowest BCUT2D eigenvalue weighted by Crippen LogP contribution is -2.22. The van der Waals surface area contributed by atoms with E-state index in [1.807, 2.05) is 30.3 Å². The van der Waals surface area contributed by atoms with Crippen molar-refractivity contribution >= 4 is 22.5 Å². The molecule has 0 aliphatic rings. The Kier molecular flexibility index (Phi) is 4.67. The van der Waals surface area contributed by atoms with E-state index in [2.05, 4.69) is 10.3 Å². The van der Waals surface area contributed by atoms with Crippen LogP contribution in [0, 0.1) is 0 Å². The molecule has 0 bridgehead atoms. The van der Waals surface area contributed by atoms with Crippen LogP contribution in [0.1, 0.15) is 5.56 Å². The highest BCUT2D eigenvalue weighted by atomic mass is 16.3. The van der Waals surface area contributed by atoms with Gasteiger partial charge in [-0.25, -0.2) is 4.98 Å². The van der Waals surface area contributed by atoms with Crippen LogP contribution in [0.4, 0.5) is 5.69 Å². The number of aliphatic hydroxyl groups is 1. The maximum Gasteiger partial charge on any atom is 0.261 e. The monoisotopic (exact) mass is 323 g/mol. The number of rotatable bonds is 5. The summed E-state index contributed by atoms with van der Waals surface area (Å²) in [7, 11) is 0. The normalized spacial score (nSPS) is 10.7. The standard InChI is InChI=1S/C18H17N3O3/c22-11-17(23)20-14-6-7-16-15(10-14)18(24)21(12-19-16)9-8-13-4-2-1-3-5-13/h1-7,10,12,22H,8-9,11H2,(H,20,23). The van der Waals surface area contributed by atoms with Crippen molar-refractivity contribution in [2.24, 2.45) is 0 Å². The molecule has 0 aliphatic heterocycles. The zero-order chi connectivity index (χ0) is 16.9. The van der Waals surface area contributed by atoms with E-state index in [4.69, 9.17) is 5.11 Å². The summed E-state index contributed by atoms with van der Waals surface area (Å²) in [5.41, 5.74) is 2.02. The number of fused-ring (bicyclic) bond motifs is 1. The number of carbonyl (C=O) groups is 1. The van der Waals surface area contributed by atoms with Gasteiger partial charge in [-0.05, 0) is 30.2 Å². The Labute approximate surface area is 138 Å². The van der Waals surface area contributed by atoms with Gasteiger partial charge < -0.3 is 10.4 Å². The summed E-state index contributed by atoms with van der Waals surface area (Å²) in [6, 6.07) is 14.8. The van der Waals surface area contributed by atoms with E-state index < -0.39 is 12.5 Å². The predicted molar refractivity (Wildman–Crippen MR) is 91.9 cm³/mol. The average molecular weight is 323 g/mol. The molecule has 0 saturated carbocycles. The number of aromatic nitrogens is 2. The number of amides is 1. The molecular formula is C18H17N3O3. The molecule has 0 saturated heterocycles. The van der Waals surface area contributed by atoms with Crippen LogP contribution in [-0.2, 0) is 17.8 Å². The molecule has 6 nitrogen and oxygen atoms in total. The molecule has 2 N–H and O–H groups in total. The molecule has 3 aromatic rings. The predicted octanol–water partition coefficient (Wildman–Crippen LogP) is 1.57. The van der Waals surface area contributed by atoms with Crippen molar-refractivity contribution < 1.29 is 9.90 Å². The average Bonchev–Trinajstić information content (AvgIpc) is 2.62. The lowest BCUT2D eigenvalue weighted by atomic mass is 10.1. The van der Waals surface area contributed by atoms with Gasteiger partial charge in [0.15, 0.2) is 0 Å². The zero-order valence-electron chi connectivity index (χ0n) is 13.0. The molecule has 0 aliphatic carbocycles. The minimum absolute atomic E-state index is 0.156. The van der Waals surface area contributed by atoms with Gasteiger partial charge in [0.05, 0.1) is 17.2 Å². The number of hydrogen-bond donors (Lipinski definition) is 2. The second-order valence-corrected chi connectivity index (χ2v) is 5.42. The minimum Gasteiger partial charge on any atom is -0.387 e. The van der Waals surface area contributed by atoms with Gasteiger partial charge in [0.25, 0.3) is 5.56 Å². The van der Waals surface area contributed by atoms with Crippen LogP contribution in [0.5, 0.6) is 0 Å². The number of aryl methyl sites for hydroxylation is 2. The molecule has 0 spiro atoms. The van der Waals surface area contributed by atoms with Crippen molar-refractivity contribution in [1.82, 2.24) is 9.55 Å². The van der Waals surface area contributed by atoms with E-state index in [0.29, 0.717) is 23.1 Å². The smallest absolute Gasteiger partial charge is 0.261 e. The molecule has 0 atom stereocenters. The Morgan fingerprint density at radius 2 is 1.96 bits per heavy atom. The van der Waals surface area contributed by atoms with Gasteiger partial charge in [-0.3, -0.25) is 14.2 Å². The van der Waals surface area contributed by atoms with Gasteiger partial charge in [0, 0.05) is 12.2 Å². The van der Waals surface area contributed by atoms with Crippen molar-refractivity contribution in [2.45, 2.75) is 13.0 Å². The summed E-state index contributed by atoms with van der Waals surface area (Å²) in [5.74, 6) is -0.525. The first-order chi connectivity index (χ1) is 11.7. The van der Waals surface area contributed by atoms with Gasteiger partial charge >= 0.3 is 0 Å². The largest absolute Gasteiger partial charge is 0.387 e. The Morgan fingerprint density at radius 1 is 1.17 bits per heavy atom. The van der Waals surface area contributed by atoms with Gasteiger partial charge in [-0.1, -0.05) is 30.3 Å². The molecule has 0 unspecified atom stereocenters. The van der Waals surface area contributed by atoms with E-state index >= 15 is 0 Å². The van der Waals surface area contributed by atoms with E-state index in [9.17, 15) is 9.59 Å². The van der Waals surface area contributed by atoms with Gasteiger partial charge in [-0.15, -0.1) is 0 Å². The zero-order valence-corrected chi connectivity index (χ0v) is 13.0. The Hall–Kier alpha value is -2.99. The second-order valence-electron chi connectivity index (χ2n) is 5.42. The van der Waals surface area contributed by atoms with Crippen LogP contribution in [0.25, 0.3) is 10.9 Å². The summed E-state index contributed by atoms with van der Waals surface area (Å²) in [5, 5.41) is 11.8. The minimum atomic E-state index is -0.605. The molecular weight excluding hydrogens is 306 g/mol. The maximum atomic E-state index is 12.6. The van der Waals surface area contributed by atoms with Crippen LogP contribution >= 0.6 is 0 Å². The van der Waals surface area contributed by atoms with E-state index in [-0.39, 0.29) is 5.56 Å². The third-order valence-corrected chi connectivity index (χ3v) is 3.74. The SMILES string of the molecule is O=C(CO)Nc1ccc2ncn(CCc3ccccc3)c(=O)c2c1. The molecule has 1 heterocycles. The van der Waals surface area contributed by atoms with Crippen molar-refractivity contribution in [3.05, 3.63) is 70.8 Å². The fraction of sp³-hybridized carbons (Fsp3) is 0.167. The van der Waals surface area contributed by atoms with Crippen LogP contribution in [0.15, 0.2) is 59.7 Å². The van der Waals surface area contributed by atoms with Crippen molar-refractivity contribution in [2.75, 3.05) is 11.9 Å². The number of aliphatic hydroxyl groups excluding tert-OH is 1. The van der Waals surface area contributed by atoms with Crippen molar-refractivity contribution in [1.29, 1.82) is 0 Å². The fourth-order valence-corrected chi connectivity index (χ4v) is 2.49. The molecule has 1 amide bonds. The topological polar surface area (TPSA) is 84.2 Å². The van der Waals surface area contributed by atoms with Gasteiger partial charge in [0.2, 0.25) is 5.91 Å². The van der Waals surface area contributed by atoms with Crippen LogP contribution in [0.3, 0.4) is 0 Å². The lowest BCUT2D eigenvalue weighted by Gasteiger charge is -2.08. The van der Waals surface area contributed by atoms with Gasteiger partial charge in [-0.2, -0.15) is 0 Å². The first-order valence-electron chi connectivity index (χ1n) is 7.61. The second kappa shape index (κ2) is 7.06. The van der Waals surface area contributed by atoms with Gasteiger partial charge in [0.1, 0.15) is 6.61 Å². The van der Waals surface area contributed by atoms with Crippen molar-refractivity contribution in [3.8, 4) is 0 Å². The lowest BCUT2D eigenvalue weighted by molar-refractivity contribution is -0.118. The molecule has 0 radical (unpaired) electrons. The Balaban J connectivity index is 1.88. The van der Waals surface area contributed by atoms with Crippen LogP contribution < -0.4 is 10.9 Å². The first kappa shape index (κ1) is 15.9. The molecule has 3 rings (SSSR count). The summed E-state index contributed by atoms with van der Waals surface area (Å²) >= 11 is 0. The first-order valence-corrected chi connectivity index (χ1v) is 7.61. The Bertz CT molecular complexity index is 920. The van der Waals surface area contributed by atoms with Crippen LogP contribution in [-0.4, -0.2) is 27.2 Å². The van der Waals surface area contributed by atoms with Crippen LogP contribution in [0.2, 0.25) is 0 Å². The number of benzene rings is 2. The van der Waals surface area contributed by atoms with E-state index in [0.717, 1.165) is 12.0 Å². The molecule has 0 fully saturated rings. The quantitative estimate of drug-likeness (QED) is 0.746. The third kappa shape index (κ3) is 3.49. The van der Waals surface area contributed by atoms with Crippen molar-refractivity contribution in [3.63, 3.8) is 0 Å². The maximum absolute atomic E-state index is 12.6.